The van der Waals surface area contributed by atoms with Crippen LogP contribution in [0.5, 0.6) is 5.75 Å². The standard InChI is InChI=1S/C18H19F2N3O3/c1-3-22-17(24)13-10-21-15-12(8-11(20)9-14(15)26-2)16(13)23(18(22)25)7-5-4-6-19/h8-10H,3-7H2,1-2H3. The second-order valence-corrected chi connectivity index (χ2v) is 5.90. The Morgan fingerprint density at radius 1 is 1.15 bits per heavy atom. The number of hydrogen-bond acceptors (Lipinski definition) is 4. The van der Waals surface area contributed by atoms with E-state index in [-0.39, 0.29) is 24.2 Å². The maximum atomic E-state index is 14.1. The van der Waals surface area contributed by atoms with Gasteiger partial charge in [-0.2, -0.15) is 0 Å². The number of pyridine rings is 1. The zero-order chi connectivity index (χ0) is 18.8. The van der Waals surface area contributed by atoms with E-state index in [1.165, 1.54) is 30.0 Å². The monoisotopic (exact) mass is 363 g/mol. The maximum absolute atomic E-state index is 14.1. The Labute approximate surface area is 147 Å². The van der Waals surface area contributed by atoms with Gasteiger partial charge in [-0.25, -0.2) is 9.18 Å². The highest BCUT2D eigenvalue weighted by molar-refractivity contribution is 6.04. The fourth-order valence-electron chi connectivity index (χ4n) is 3.15. The van der Waals surface area contributed by atoms with Gasteiger partial charge < -0.3 is 4.74 Å². The minimum Gasteiger partial charge on any atom is -0.494 e. The van der Waals surface area contributed by atoms with E-state index >= 15 is 0 Å². The van der Waals surface area contributed by atoms with Crippen LogP contribution in [-0.4, -0.2) is 27.9 Å². The summed E-state index contributed by atoms with van der Waals surface area (Å²) in [6.07, 6.45) is 2.08. The summed E-state index contributed by atoms with van der Waals surface area (Å²) < 4.78 is 34.3. The van der Waals surface area contributed by atoms with Gasteiger partial charge in [0.25, 0.3) is 5.56 Å². The van der Waals surface area contributed by atoms with Crippen molar-refractivity contribution >= 4 is 21.8 Å². The van der Waals surface area contributed by atoms with Gasteiger partial charge in [0.1, 0.15) is 17.1 Å². The molecule has 0 unspecified atom stereocenters. The van der Waals surface area contributed by atoms with Crippen molar-refractivity contribution in [3.63, 3.8) is 0 Å². The fourth-order valence-corrected chi connectivity index (χ4v) is 3.15. The summed E-state index contributed by atoms with van der Waals surface area (Å²) in [6, 6.07) is 2.42. The van der Waals surface area contributed by atoms with Gasteiger partial charge in [0.2, 0.25) is 0 Å². The van der Waals surface area contributed by atoms with E-state index in [2.05, 4.69) is 4.98 Å². The average Bonchev–Trinajstić information content (AvgIpc) is 2.63. The number of nitrogens with zero attached hydrogens (tertiary/aromatic N) is 3. The van der Waals surface area contributed by atoms with Crippen LogP contribution in [0.3, 0.4) is 0 Å². The van der Waals surface area contributed by atoms with E-state index in [1.807, 2.05) is 0 Å². The Morgan fingerprint density at radius 2 is 1.92 bits per heavy atom. The Morgan fingerprint density at radius 3 is 2.58 bits per heavy atom. The van der Waals surface area contributed by atoms with Crippen LogP contribution in [0.2, 0.25) is 0 Å². The Kier molecular flexibility index (Phi) is 5.01. The molecule has 2 aromatic heterocycles. The smallest absolute Gasteiger partial charge is 0.331 e. The lowest BCUT2D eigenvalue weighted by Gasteiger charge is -2.15. The number of hydrogen-bond donors (Lipinski definition) is 0. The molecule has 3 rings (SSSR count). The van der Waals surface area contributed by atoms with Crippen LogP contribution < -0.4 is 16.0 Å². The molecule has 0 fully saturated rings. The molecule has 0 aliphatic heterocycles. The molecule has 1 aromatic carbocycles. The van der Waals surface area contributed by atoms with E-state index in [4.69, 9.17) is 4.74 Å². The zero-order valence-electron chi connectivity index (χ0n) is 14.6. The lowest BCUT2D eigenvalue weighted by Crippen LogP contribution is -2.39. The van der Waals surface area contributed by atoms with Crippen LogP contribution in [0.1, 0.15) is 19.8 Å². The highest BCUT2D eigenvalue weighted by Crippen LogP contribution is 2.29. The van der Waals surface area contributed by atoms with Crippen molar-refractivity contribution < 1.29 is 13.5 Å². The molecule has 0 spiro atoms. The molecule has 0 aliphatic rings. The summed E-state index contributed by atoms with van der Waals surface area (Å²) in [4.78, 5) is 29.7. The molecule has 138 valence electrons. The first-order valence-corrected chi connectivity index (χ1v) is 8.39. The number of halogens is 2. The number of fused-ring (bicyclic) bond motifs is 3. The van der Waals surface area contributed by atoms with E-state index in [1.54, 1.807) is 6.92 Å². The van der Waals surface area contributed by atoms with Gasteiger partial charge in [-0.05, 0) is 25.8 Å². The normalized spacial score (nSPS) is 11.4. The zero-order valence-corrected chi connectivity index (χ0v) is 14.6. The minimum absolute atomic E-state index is 0.196. The third kappa shape index (κ3) is 2.85. The summed E-state index contributed by atoms with van der Waals surface area (Å²) in [7, 11) is 1.39. The Hall–Kier alpha value is -2.77. The molecular formula is C18H19F2N3O3. The van der Waals surface area contributed by atoms with Gasteiger partial charge >= 0.3 is 5.69 Å². The number of ether oxygens (including phenoxy) is 1. The van der Waals surface area contributed by atoms with Crippen molar-refractivity contribution in [1.82, 2.24) is 14.1 Å². The number of aryl methyl sites for hydroxylation is 1. The highest BCUT2D eigenvalue weighted by Gasteiger charge is 2.18. The molecule has 0 radical (unpaired) electrons. The number of alkyl halides is 1. The number of unbranched alkanes of at least 4 members (excludes halogenated alkanes) is 1. The first kappa shape index (κ1) is 18.0. The fraction of sp³-hybridized carbons (Fsp3) is 0.389. The second-order valence-electron chi connectivity index (χ2n) is 5.90. The molecular weight excluding hydrogens is 344 g/mol. The van der Waals surface area contributed by atoms with Gasteiger partial charge in [-0.15, -0.1) is 0 Å². The molecule has 2 heterocycles. The first-order valence-electron chi connectivity index (χ1n) is 8.39. The largest absolute Gasteiger partial charge is 0.494 e. The van der Waals surface area contributed by atoms with Crippen molar-refractivity contribution in [1.29, 1.82) is 0 Å². The topological polar surface area (TPSA) is 66.1 Å². The molecule has 3 aromatic rings. The number of aromatic nitrogens is 3. The second kappa shape index (κ2) is 7.23. The van der Waals surface area contributed by atoms with Crippen LogP contribution in [0, 0.1) is 5.82 Å². The van der Waals surface area contributed by atoms with E-state index < -0.39 is 23.7 Å². The molecule has 0 bridgehead atoms. The number of rotatable bonds is 6. The molecule has 0 saturated carbocycles. The molecule has 0 aliphatic carbocycles. The summed E-state index contributed by atoms with van der Waals surface area (Å²) in [5.41, 5.74) is -0.327. The van der Waals surface area contributed by atoms with Crippen LogP contribution in [0.15, 0.2) is 27.9 Å². The molecule has 6 nitrogen and oxygen atoms in total. The molecule has 0 amide bonds. The minimum atomic E-state index is -0.564. The van der Waals surface area contributed by atoms with E-state index in [0.29, 0.717) is 29.3 Å². The lowest BCUT2D eigenvalue weighted by molar-refractivity contribution is 0.415. The van der Waals surface area contributed by atoms with Crippen molar-refractivity contribution in [3.8, 4) is 5.75 Å². The highest BCUT2D eigenvalue weighted by atomic mass is 19.1. The van der Waals surface area contributed by atoms with Crippen molar-refractivity contribution in [2.75, 3.05) is 13.8 Å². The number of benzene rings is 1. The molecule has 8 heteroatoms. The number of methoxy groups -OCH3 is 1. The van der Waals surface area contributed by atoms with Gasteiger partial charge in [0.05, 0.1) is 24.7 Å². The van der Waals surface area contributed by atoms with E-state index in [0.717, 1.165) is 4.57 Å². The van der Waals surface area contributed by atoms with Gasteiger partial charge in [-0.3, -0.25) is 23.3 Å². The molecule has 0 N–H and O–H groups in total. The third-order valence-electron chi connectivity index (χ3n) is 4.38. The SMILES string of the molecule is CCn1c(=O)c2cnc3c(OC)cc(F)cc3c2n(CCCCF)c1=O. The first-order chi connectivity index (χ1) is 12.5. The van der Waals surface area contributed by atoms with Gasteiger partial charge in [0, 0.05) is 30.7 Å². The summed E-state index contributed by atoms with van der Waals surface area (Å²) in [5.74, 6) is -0.351. The maximum Gasteiger partial charge on any atom is 0.331 e. The van der Waals surface area contributed by atoms with Crippen LogP contribution in [0.25, 0.3) is 21.8 Å². The molecule has 0 atom stereocenters. The van der Waals surface area contributed by atoms with E-state index in [9.17, 15) is 18.4 Å². The molecule has 0 saturated heterocycles. The Bertz CT molecular complexity index is 1090. The summed E-state index contributed by atoms with van der Waals surface area (Å²) >= 11 is 0. The van der Waals surface area contributed by atoms with Gasteiger partial charge in [0.15, 0.2) is 0 Å². The predicted molar refractivity (Wildman–Crippen MR) is 95.2 cm³/mol. The van der Waals surface area contributed by atoms with Crippen molar-refractivity contribution in [2.24, 2.45) is 0 Å². The van der Waals surface area contributed by atoms with Crippen LogP contribution in [0.4, 0.5) is 8.78 Å². The Balaban J connectivity index is 2.49. The quantitative estimate of drug-likeness (QED) is 0.499. The molecule has 26 heavy (non-hydrogen) atoms. The van der Waals surface area contributed by atoms with Crippen molar-refractivity contribution in [2.45, 2.75) is 32.9 Å². The van der Waals surface area contributed by atoms with Crippen molar-refractivity contribution in [3.05, 3.63) is 45.0 Å². The summed E-state index contributed by atoms with van der Waals surface area (Å²) in [5, 5.41) is 0.531. The average molecular weight is 363 g/mol. The predicted octanol–water partition coefficient (Wildman–Crippen LogP) is 2.63. The van der Waals surface area contributed by atoms with Gasteiger partial charge in [-0.1, -0.05) is 0 Å². The van der Waals surface area contributed by atoms with Crippen LogP contribution >= 0.6 is 0 Å². The third-order valence-corrected chi connectivity index (χ3v) is 4.38. The summed E-state index contributed by atoms with van der Waals surface area (Å²) in [6.45, 7) is 1.61. The lowest BCUT2D eigenvalue weighted by atomic mass is 10.1. The van der Waals surface area contributed by atoms with Crippen LogP contribution in [-0.2, 0) is 13.1 Å².